The minimum atomic E-state index is -0.388. The van der Waals surface area contributed by atoms with Crippen LogP contribution in [0.1, 0.15) is 49.7 Å². The summed E-state index contributed by atoms with van der Waals surface area (Å²) in [6.07, 6.45) is 6.51. The molecule has 1 aliphatic carbocycles. The number of carbonyl (C=O) groups excluding carboxylic acids is 1. The summed E-state index contributed by atoms with van der Waals surface area (Å²) in [4.78, 5) is 12.3. The van der Waals surface area contributed by atoms with E-state index in [-0.39, 0.29) is 29.2 Å². The van der Waals surface area contributed by atoms with Gasteiger partial charge in [-0.3, -0.25) is 4.79 Å². The predicted molar refractivity (Wildman–Crippen MR) is 85.3 cm³/mol. The number of hydrogen-bond donors (Lipinski definition) is 2. The maximum atomic E-state index is 13.9. The largest absolute Gasteiger partial charge is 0.389 e. The van der Waals surface area contributed by atoms with Crippen LogP contribution in [0, 0.1) is 11.7 Å². The first-order valence-corrected chi connectivity index (χ1v) is 7.84. The molecule has 1 aromatic carbocycles. The Morgan fingerprint density at radius 2 is 1.95 bits per heavy atom. The minimum Gasteiger partial charge on any atom is -0.389 e. The van der Waals surface area contributed by atoms with Crippen LogP contribution in [-0.4, -0.2) is 10.9 Å². The second kappa shape index (κ2) is 7.50. The summed E-state index contributed by atoms with van der Waals surface area (Å²) in [7, 11) is 0. The van der Waals surface area contributed by atoms with Crippen LogP contribution in [0.15, 0.2) is 18.2 Å². The van der Waals surface area contributed by atoms with Gasteiger partial charge in [-0.25, -0.2) is 4.39 Å². The Kier molecular flexibility index (Phi) is 5.67. The Morgan fingerprint density at radius 3 is 2.52 bits per heavy atom. The van der Waals surface area contributed by atoms with Crippen LogP contribution < -0.4 is 11.1 Å². The third-order valence-electron chi connectivity index (χ3n) is 4.02. The van der Waals surface area contributed by atoms with Gasteiger partial charge in [0.25, 0.3) is 0 Å². The van der Waals surface area contributed by atoms with Crippen molar-refractivity contribution in [2.45, 2.75) is 45.1 Å². The second-order valence-electron chi connectivity index (χ2n) is 5.58. The van der Waals surface area contributed by atoms with Crippen LogP contribution in [0.5, 0.6) is 0 Å². The maximum absolute atomic E-state index is 13.9. The van der Waals surface area contributed by atoms with Crippen LogP contribution in [-0.2, 0) is 11.3 Å². The first-order valence-electron chi connectivity index (χ1n) is 7.44. The molecule has 0 radical (unpaired) electrons. The van der Waals surface area contributed by atoms with Gasteiger partial charge in [-0.05, 0) is 18.9 Å². The SMILES string of the molecule is NC(=S)c1ccc(CNC(=O)C2CCCCCC2)c(F)c1. The fourth-order valence-corrected chi connectivity index (χ4v) is 2.84. The molecule has 3 N–H and O–H groups in total. The molecule has 0 heterocycles. The zero-order chi connectivity index (χ0) is 15.2. The molecule has 0 atom stereocenters. The third-order valence-corrected chi connectivity index (χ3v) is 4.25. The van der Waals surface area contributed by atoms with Crippen molar-refractivity contribution in [3.63, 3.8) is 0 Å². The Hall–Kier alpha value is -1.49. The molecule has 1 fully saturated rings. The molecule has 1 aliphatic rings. The number of thiocarbonyl (C=S) groups is 1. The van der Waals surface area contributed by atoms with Crippen molar-refractivity contribution in [3.05, 3.63) is 35.1 Å². The number of amides is 1. The topological polar surface area (TPSA) is 55.1 Å². The van der Waals surface area contributed by atoms with Crippen molar-refractivity contribution >= 4 is 23.1 Å². The zero-order valence-electron chi connectivity index (χ0n) is 12.0. The lowest BCUT2D eigenvalue weighted by Gasteiger charge is -2.14. The zero-order valence-corrected chi connectivity index (χ0v) is 12.8. The number of nitrogens with two attached hydrogens (primary N) is 1. The molecule has 5 heteroatoms. The molecule has 1 amide bonds. The average Bonchev–Trinajstić information content (AvgIpc) is 2.74. The van der Waals surface area contributed by atoms with Gasteiger partial charge >= 0.3 is 0 Å². The molecule has 0 spiro atoms. The van der Waals surface area contributed by atoms with Gasteiger partial charge in [0.05, 0.1) is 0 Å². The lowest BCUT2D eigenvalue weighted by molar-refractivity contribution is -0.125. The Balaban J connectivity index is 1.93. The van der Waals surface area contributed by atoms with E-state index in [0.29, 0.717) is 11.1 Å². The van der Waals surface area contributed by atoms with E-state index in [1.807, 2.05) is 0 Å². The van der Waals surface area contributed by atoms with Crippen LogP contribution >= 0.6 is 12.2 Å². The van der Waals surface area contributed by atoms with Crippen LogP contribution in [0.25, 0.3) is 0 Å². The molecule has 2 rings (SSSR count). The van der Waals surface area contributed by atoms with Crippen molar-refractivity contribution in [3.8, 4) is 0 Å². The molecule has 21 heavy (non-hydrogen) atoms. The van der Waals surface area contributed by atoms with E-state index in [1.54, 1.807) is 12.1 Å². The molecular weight excluding hydrogens is 287 g/mol. The Bertz CT molecular complexity index is 525. The molecule has 0 aliphatic heterocycles. The van der Waals surface area contributed by atoms with Gasteiger partial charge in [0, 0.05) is 23.6 Å². The normalized spacial score (nSPS) is 16.2. The molecule has 0 unspecified atom stereocenters. The summed E-state index contributed by atoms with van der Waals surface area (Å²) in [5.41, 5.74) is 6.42. The average molecular weight is 308 g/mol. The van der Waals surface area contributed by atoms with Crippen molar-refractivity contribution in [1.29, 1.82) is 0 Å². The Morgan fingerprint density at radius 1 is 1.29 bits per heavy atom. The first kappa shape index (κ1) is 15.9. The number of benzene rings is 1. The van der Waals surface area contributed by atoms with E-state index in [2.05, 4.69) is 5.32 Å². The standard InChI is InChI=1S/C16H21FN2OS/c17-14-9-12(15(18)21)7-8-13(14)10-19-16(20)11-5-3-1-2-4-6-11/h7-9,11H,1-6,10H2,(H2,18,21)(H,19,20). The van der Waals surface area contributed by atoms with E-state index in [0.717, 1.165) is 25.7 Å². The summed E-state index contributed by atoms with van der Waals surface area (Å²) >= 11 is 4.81. The first-order chi connectivity index (χ1) is 10.1. The summed E-state index contributed by atoms with van der Waals surface area (Å²) in [6.45, 7) is 0.207. The monoisotopic (exact) mass is 308 g/mol. The van der Waals surface area contributed by atoms with Crippen molar-refractivity contribution in [2.24, 2.45) is 11.7 Å². The quantitative estimate of drug-likeness (QED) is 0.664. The van der Waals surface area contributed by atoms with Crippen LogP contribution in [0.2, 0.25) is 0 Å². The highest BCUT2D eigenvalue weighted by Gasteiger charge is 2.19. The van der Waals surface area contributed by atoms with Crippen molar-refractivity contribution in [1.82, 2.24) is 5.32 Å². The molecule has 1 saturated carbocycles. The van der Waals surface area contributed by atoms with Crippen LogP contribution in [0.4, 0.5) is 4.39 Å². The van der Waals surface area contributed by atoms with Crippen LogP contribution in [0.3, 0.4) is 0 Å². The van der Waals surface area contributed by atoms with Gasteiger partial charge < -0.3 is 11.1 Å². The van der Waals surface area contributed by atoms with E-state index in [1.165, 1.54) is 18.9 Å². The number of hydrogen-bond acceptors (Lipinski definition) is 2. The summed E-state index contributed by atoms with van der Waals surface area (Å²) < 4.78 is 13.9. The van der Waals surface area contributed by atoms with Crippen molar-refractivity contribution < 1.29 is 9.18 Å². The molecule has 0 bridgehead atoms. The number of rotatable bonds is 4. The summed E-state index contributed by atoms with van der Waals surface area (Å²) in [6, 6.07) is 4.62. The van der Waals surface area contributed by atoms with E-state index in [4.69, 9.17) is 18.0 Å². The highest BCUT2D eigenvalue weighted by atomic mass is 32.1. The lowest BCUT2D eigenvalue weighted by atomic mass is 9.99. The van der Waals surface area contributed by atoms with Crippen molar-refractivity contribution in [2.75, 3.05) is 0 Å². The van der Waals surface area contributed by atoms with Gasteiger partial charge in [0.15, 0.2) is 0 Å². The highest BCUT2D eigenvalue weighted by molar-refractivity contribution is 7.80. The Labute approximate surface area is 130 Å². The minimum absolute atomic E-state index is 0.0368. The van der Waals surface area contributed by atoms with E-state index in [9.17, 15) is 9.18 Å². The molecular formula is C16H21FN2OS. The highest BCUT2D eigenvalue weighted by Crippen LogP contribution is 2.23. The van der Waals surface area contributed by atoms with Gasteiger partial charge in [-0.15, -0.1) is 0 Å². The number of halogens is 1. The summed E-state index contributed by atoms with van der Waals surface area (Å²) in [5, 5.41) is 2.84. The van der Waals surface area contributed by atoms with Gasteiger partial charge in [0.2, 0.25) is 5.91 Å². The number of carbonyl (C=O) groups is 1. The molecule has 0 aromatic heterocycles. The third kappa shape index (κ3) is 4.49. The molecule has 1 aromatic rings. The smallest absolute Gasteiger partial charge is 0.223 e. The maximum Gasteiger partial charge on any atom is 0.223 e. The van der Waals surface area contributed by atoms with Gasteiger partial charge in [0.1, 0.15) is 10.8 Å². The lowest BCUT2D eigenvalue weighted by Crippen LogP contribution is -2.30. The fraction of sp³-hybridized carbons (Fsp3) is 0.500. The molecule has 0 saturated heterocycles. The van der Waals surface area contributed by atoms with Gasteiger partial charge in [-0.1, -0.05) is 50.0 Å². The van der Waals surface area contributed by atoms with E-state index >= 15 is 0 Å². The van der Waals surface area contributed by atoms with E-state index < -0.39 is 0 Å². The fourth-order valence-electron chi connectivity index (χ4n) is 2.71. The molecule has 114 valence electrons. The molecule has 3 nitrogen and oxygen atoms in total. The predicted octanol–water partition coefficient (Wildman–Crippen LogP) is 3.05. The second-order valence-corrected chi connectivity index (χ2v) is 6.02. The summed E-state index contributed by atoms with van der Waals surface area (Å²) in [5.74, 6) is -0.275. The number of nitrogens with one attached hydrogen (secondary N) is 1. The van der Waals surface area contributed by atoms with Gasteiger partial charge in [-0.2, -0.15) is 0 Å².